The van der Waals surface area contributed by atoms with Gasteiger partial charge in [-0.25, -0.2) is 0 Å². The summed E-state index contributed by atoms with van der Waals surface area (Å²) < 4.78 is 5.18. The number of ether oxygens (including phenoxy) is 1. The zero-order valence-electron chi connectivity index (χ0n) is 11.2. The van der Waals surface area contributed by atoms with Crippen LogP contribution in [0.5, 0.6) is 5.75 Å². The second kappa shape index (κ2) is 8.44. The summed E-state index contributed by atoms with van der Waals surface area (Å²) >= 11 is 1.19. The van der Waals surface area contributed by atoms with E-state index >= 15 is 0 Å². The fourth-order valence-electron chi connectivity index (χ4n) is 1.44. The van der Waals surface area contributed by atoms with Crippen LogP contribution in [-0.2, 0) is 16.1 Å². The van der Waals surface area contributed by atoms with Crippen LogP contribution in [0.3, 0.4) is 0 Å². The maximum absolute atomic E-state index is 11.6. The first-order valence-corrected chi connectivity index (χ1v) is 7.14. The number of nitrogens with one attached hydrogen (secondary N) is 1. The third-order valence-corrected chi connectivity index (χ3v) is 3.58. The van der Waals surface area contributed by atoms with Gasteiger partial charge in [0.1, 0.15) is 11.8 Å². The van der Waals surface area contributed by atoms with Crippen molar-refractivity contribution in [1.29, 1.82) is 0 Å². The highest BCUT2D eigenvalue weighted by Crippen LogP contribution is 2.16. The van der Waals surface area contributed by atoms with Crippen LogP contribution in [0.15, 0.2) is 24.3 Å². The molecule has 1 aromatic carbocycles. The lowest BCUT2D eigenvalue weighted by molar-refractivity contribution is -0.138. The fourth-order valence-corrected chi connectivity index (χ4v) is 2.25. The first-order valence-electron chi connectivity index (χ1n) is 5.99. The number of rotatable bonds is 8. The SMILES string of the molecule is COc1ccccc1CNC(=O)CSC[C@H](N)C(=O)O. The summed E-state index contributed by atoms with van der Waals surface area (Å²) in [5, 5.41) is 11.4. The summed E-state index contributed by atoms with van der Waals surface area (Å²) in [7, 11) is 1.57. The van der Waals surface area contributed by atoms with Crippen molar-refractivity contribution in [3.8, 4) is 5.75 Å². The number of thioether (sulfide) groups is 1. The van der Waals surface area contributed by atoms with Gasteiger partial charge in [0.2, 0.25) is 5.91 Å². The zero-order chi connectivity index (χ0) is 15.0. The third kappa shape index (κ3) is 5.50. The van der Waals surface area contributed by atoms with Crippen LogP contribution in [0, 0.1) is 0 Å². The van der Waals surface area contributed by atoms with Crippen molar-refractivity contribution in [2.75, 3.05) is 18.6 Å². The smallest absolute Gasteiger partial charge is 0.321 e. The lowest BCUT2D eigenvalue weighted by Crippen LogP contribution is -2.33. The molecule has 1 atom stereocenters. The molecular weight excluding hydrogens is 280 g/mol. The van der Waals surface area contributed by atoms with Crippen molar-refractivity contribution >= 4 is 23.6 Å². The molecule has 0 aliphatic carbocycles. The number of aliphatic carboxylic acids is 1. The number of para-hydroxylation sites is 1. The number of nitrogens with two attached hydrogens (primary N) is 1. The van der Waals surface area contributed by atoms with Gasteiger partial charge in [0.15, 0.2) is 0 Å². The van der Waals surface area contributed by atoms with E-state index in [0.717, 1.165) is 5.56 Å². The largest absolute Gasteiger partial charge is 0.496 e. The van der Waals surface area contributed by atoms with E-state index in [0.29, 0.717) is 12.3 Å². The normalized spacial score (nSPS) is 11.7. The van der Waals surface area contributed by atoms with Gasteiger partial charge in [-0.2, -0.15) is 0 Å². The van der Waals surface area contributed by atoms with Gasteiger partial charge in [-0.3, -0.25) is 9.59 Å². The Morgan fingerprint density at radius 3 is 2.80 bits per heavy atom. The standard InChI is InChI=1S/C13H18N2O4S/c1-19-11-5-3-2-4-9(11)6-15-12(16)8-20-7-10(14)13(17)18/h2-5,10H,6-8,14H2,1H3,(H,15,16)(H,17,18)/t10-/m0/s1. The average molecular weight is 298 g/mol. The van der Waals surface area contributed by atoms with Crippen LogP contribution in [0.1, 0.15) is 5.56 Å². The van der Waals surface area contributed by atoms with Gasteiger partial charge < -0.3 is 20.9 Å². The number of methoxy groups -OCH3 is 1. The molecule has 1 rings (SSSR count). The maximum Gasteiger partial charge on any atom is 0.321 e. The molecule has 0 spiro atoms. The lowest BCUT2D eigenvalue weighted by Gasteiger charge is -2.10. The highest BCUT2D eigenvalue weighted by atomic mass is 32.2. The van der Waals surface area contributed by atoms with Crippen molar-refractivity contribution in [3.05, 3.63) is 29.8 Å². The Kier molecular flexibility index (Phi) is 6.89. The summed E-state index contributed by atoms with van der Waals surface area (Å²) in [5.74, 6) is -0.133. The molecule has 1 aromatic rings. The highest BCUT2D eigenvalue weighted by molar-refractivity contribution is 8.00. The molecule has 4 N–H and O–H groups in total. The molecule has 0 saturated carbocycles. The van der Waals surface area contributed by atoms with Gasteiger partial charge >= 0.3 is 5.97 Å². The van der Waals surface area contributed by atoms with E-state index in [4.69, 9.17) is 15.6 Å². The molecule has 0 saturated heterocycles. The summed E-state index contributed by atoms with van der Waals surface area (Å²) in [6.45, 7) is 0.369. The van der Waals surface area contributed by atoms with Gasteiger partial charge in [-0.15, -0.1) is 11.8 Å². The van der Waals surface area contributed by atoms with Crippen LogP contribution in [-0.4, -0.2) is 41.6 Å². The molecule has 0 bridgehead atoms. The van der Waals surface area contributed by atoms with Gasteiger partial charge in [0.25, 0.3) is 0 Å². The predicted molar refractivity (Wildman–Crippen MR) is 77.8 cm³/mol. The van der Waals surface area contributed by atoms with E-state index in [2.05, 4.69) is 5.32 Å². The molecular formula is C13H18N2O4S. The Balaban J connectivity index is 2.31. The first-order chi connectivity index (χ1) is 9.54. The number of carboxylic acid groups (broad SMARTS) is 1. The van der Waals surface area contributed by atoms with Crippen LogP contribution in [0.25, 0.3) is 0 Å². The Morgan fingerprint density at radius 1 is 1.45 bits per heavy atom. The van der Waals surface area contributed by atoms with Crippen LogP contribution in [0.4, 0.5) is 0 Å². The van der Waals surface area contributed by atoms with Gasteiger partial charge in [-0.1, -0.05) is 18.2 Å². The second-order valence-electron chi connectivity index (χ2n) is 4.05. The van der Waals surface area contributed by atoms with E-state index in [-0.39, 0.29) is 17.4 Å². The average Bonchev–Trinajstić information content (AvgIpc) is 2.45. The molecule has 0 radical (unpaired) electrons. The fraction of sp³-hybridized carbons (Fsp3) is 0.385. The van der Waals surface area contributed by atoms with E-state index < -0.39 is 12.0 Å². The van der Waals surface area contributed by atoms with E-state index in [1.165, 1.54) is 11.8 Å². The Labute approximate surface area is 121 Å². The predicted octanol–water partition coefficient (Wildman–Crippen LogP) is 0.456. The minimum Gasteiger partial charge on any atom is -0.496 e. The number of carbonyl (C=O) groups is 2. The highest BCUT2D eigenvalue weighted by Gasteiger charge is 2.12. The lowest BCUT2D eigenvalue weighted by atomic mass is 10.2. The quantitative estimate of drug-likeness (QED) is 0.644. The second-order valence-corrected chi connectivity index (χ2v) is 5.08. The maximum atomic E-state index is 11.6. The molecule has 20 heavy (non-hydrogen) atoms. The van der Waals surface area contributed by atoms with Gasteiger partial charge in [-0.05, 0) is 6.07 Å². The van der Waals surface area contributed by atoms with Crippen LogP contribution >= 0.6 is 11.8 Å². The Bertz CT molecular complexity index is 467. The molecule has 0 aliphatic heterocycles. The molecule has 0 fully saturated rings. The van der Waals surface area contributed by atoms with E-state index in [1.54, 1.807) is 7.11 Å². The zero-order valence-corrected chi connectivity index (χ0v) is 12.0. The van der Waals surface area contributed by atoms with Crippen molar-refractivity contribution in [3.63, 3.8) is 0 Å². The van der Waals surface area contributed by atoms with Gasteiger partial charge in [0, 0.05) is 17.9 Å². The third-order valence-electron chi connectivity index (χ3n) is 2.52. The number of benzene rings is 1. The van der Waals surface area contributed by atoms with Gasteiger partial charge in [0.05, 0.1) is 12.9 Å². The Morgan fingerprint density at radius 2 is 2.15 bits per heavy atom. The molecule has 6 nitrogen and oxygen atoms in total. The molecule has 0 heterocycles. The van der Waals surface area contributed by atoms with Crippen molar-refractivity contribution < 1.29 is 19.4 Å². The molecule has 0 aromatic heterocycles. The van der Waals surface area contributed by atoms with E-state index in [9.17, 15) is 9.59 Å². The summed E-state index contributed by atoms with van der Waals surface area (Å²) in [5.41, 5.74) is 6.22. The number of carbonyl (C=O) groups excluding carboxylic acids is 1. The molecule has 110 valence electrons. The topological polar surface area (TPSA) is 102 Å². The van der Waals surface area contributed by atoms with Crippen LogP contribution in [0.2, 0.25) is 0 Å². The minimum absolute atomic E-state index is 0.168. The summed E-state index contributed by atoms with van der Waals surface area (Å²) in [6.07, 6.45) is 0. The van der Waals surface area contributed by atoms with Crippen molar-refractivity contribution in [2.24, 2.45) is 5.73 Å². The van der Waals surface area contributed by atoms with Crippen LogP contribution < -0.4 is 15.8 Å². The molecule has 7 heteroatoms. The molecule has 0 unspecified atom stereocenters. The van der Waals surface area contributed by atoms with Crippen molar-refractivity contribution in [2.45, 2.75) is 12.6 Å². The van der Waals surface area contributed by atoms with Crippen molar-refractivity contribution in [1.82, 2.24) is 5.32 Å². The summed E-state index contributed by atoms with van der Waals surface area (Å²) in [6, 6.07) is 6.47. The van der Waals surface area contributed by atoms with E-state index in [1.807, 2.05) is 24.3 Å². The monoisotopic (exact) mass is 298 g/mol. The number of hydrogen-bond acceptors (Lipinski definition) is 5. The molecule has 0 aliphatic rings. The Hall–Kier alpha value is -1.73. The summed E-state index contributed by atoms with van der Waals surface area (Å²) in [4.78, 5) is 22.1. The first kappa shape index (κ1) is 16.3. The number of carboxylic acids is 1. The minimum atomic E-state index is -1.06. The number of amides is 1. The number of hydrogen-bond donors (Lipinski definition) is 3. The molecule has 1 amide bonds.